The summed E-state index contributed by atoms with van der Waals surface area (Å²) in [5, 5.41) is 0. The van der Waals surface area contributed by atoms with E-state index >= 15 is 0 Å². The van der Waals surface area contributed by atoms with Gasteiger partial charge in [0, 0.05) is 0 Å². The second-order valence-electron chi connectivity index (χ2n) is 6.56. The van der Waals surface area contributed by atoms with Crippen LogP contribution in [0.3, 0.4) is 0 Å². The SMILES string of the molecule is CCCCCCCCCCC/C=C/C[N+](C)(C)C.[Cl-]. The zero-order valence-corrected chi connectivity index (χ0v) is 14.5. The highest BCUT2D eigenvalue weighted by Crippen LogP contribution is 2.10. The third-order valence-corrected chi connectivity index (χ3v) is 3.29. The van der Waals surface area contributed by atoms with Crippen molar-refractivity contribution in [2.45, 2.75) is 71.1 Å². The van der Waals surface area contributed by atoms with Gasteiger partial charge in [-0.15, -0.1) is 0 Å². The standard InChI is InChI=1S/C17H36N.ClH/c1-5-6-7-8-9-10-11-12-13-14-15-16-17-18(2,3)4;/h15-16H,5-14,17H2,1-4H3;1H/q+1;/p-1/b16-15+;. The van der Waals surface area contributed by atoms with Crippen LogP contribution >= 0.6 is 0 Å². The van der Waals surface area contributed by atoms with Crippen LogP contribution < -0.4 is 12.4 Å². The quantitative estimate of drug-likeness (QED) is 0.293. The van der Waals surface area contributed by atoms with Crippen molar-refractivity contribution < 1.29 is 16.9 Å². The molecule has 0 aromatic rings. The van der Waals surface area contributed by atoms with Crippen molar-refractivity contribution in [3.05, 3.63) is 12.2 Å². The molecule has 1 nitrogen and oxygen atoms in total. The average Bonchev–Trinajstić information content (AvgIpc) is 2.29. The van der Waals surface area contributed by atoms with Gasteiger partial charge in [-0.1, -0.05) is 64.4 Å². The Labute approximate surface area is 128 Å². The highest BCUT2D eigenvalue weighted by molar-refractivity contribution is 4.81. The van der Waals surface area contributed by atoms with Gasteiger partial charge in [0.2, 0.25) is 0 Å². The molecule has 0 spiro atoms. The topological polar surface area (TPSA) is 0 Å². The van der Waals surface area contributed by atoms with Gasteiger partial charge in [0.05, 0.1) is 27.7 Å². The average molecular weight is 290 g/mol. The molecule has 116 valence electrons. The van der Waals surface area contributed by atoms with Gasteiger partial charge in [0.15, 0.2) is 0 Å². The minimum Gasteiger partial charge on any atom is -1.00 e. The molecule has 0 aromatic carbocycles. The van der Waals surface area contributed by atoms with Gasteiger partial charge in [-0.25, -0.2) is 0 Å². The maximum Gasteiger partial charge on any atom is 0.0967 e. The summed E-state index contributed by atoms with van der Waals surface area (Å²) in [7, 11) is 6.72. The lowest BCUT2D eigenvalue weighted by atomic mass is 10.1. The number of hydrogen-bond acceptors (Lipinski definition) is 0. The molecule has 0 saturated heterocycles. The summed E-state index contributed by atoms with van der Waals surface area (Å²) in [5.74, 6) is 0. The molecular weight excluding hydrogens is 254 g/mol. The monoisotopic (exact) mass is 289 g/mol. The molecule has 19 heavy (non-hydrogen) atoms. The summed E-state index contributed by atoms with van der Waals surface area (Å²) in [6.45, 7) is 3.43. The van der Waals surface area contributed by atoms with Crippen molar-refractivity contribution in [1.82, 2.24) is 0 Å². The smallest absolute Gasteiger partial charge is 0.0967 e. The fraction of sp³-hybridized carbons (Fsp3) is 0.882. The van der Waals surface area contributed by atoms with Crippen LogP contribution in [0.15, 0.2) is 12.2 Å². The van der Waals surface area contributed by atoms with Crippen LogP contribution in [-0.2, 0) is 0 Å². The zero-order valence-electron chi connectivity index (χ0n) is 13.8. The number of nitrogens with zero attached hydrogens (tertiary/aromatic N) is 1. The summed E-state index contributed by atoms with van der Waals surface area (Å²) in [5.41, 5.74) is 0. The predicted octanol–water partition coefficient (Wildman–Crippen LogP) is 2.17. The maximum absolute atomic E-state index is 2.37. The van der Waals surface area contributed by atoms with Crippen molar-refractivity contribution in [3.8, 4) is 0 Å². The molecule has 0 bridgehead atoms. The molecule has 0 atom stereocenters. The van der Waals surface area contributed by atoms with E-state index in [2.05, 4.69) is 40.2 Å². The second-order valence-corrected chi connectivity index (χ2v) is 6.56. The Morgan fingerprint density at radius 2 is 1.16 bits per heavy atom. The Morgan fingerprint density at radius 3 is 1.63 bits per heavy atom. The van der Waals surface area contributed by atoms with E-state index < -0.39 is 0 Å². The lowest BCUT2D eigenvalue weighted by Crippen LogP contribution is -3.00. The van der Waals surface area contributed by atoms with Gasteiger partial charge in [-0.2, -0.15) is 0 Å². The number of rotatable bonds is 12. The molecule has 0 aromatic heterocycles. The van der Waals surface area contributed by atoms with Gasteiger partial charge in [0.25, 0.3) is 0 Å². The van der Waals surface area contributed by atoms with E-state index in [1.807, 2.05) is 0 Å². The van der Waals surface area contributed by atoms with Crippen LogP contribution in [0.2, 0.25) is 0 Å². The number of unbranched alkanes of at least 4 members (excludes halogenated alkanes) is 9. The first-order chi connectivity index (χ1) is 8.56. The van der Waals surface area contributed by atoms with Crippen LogP contribution in [-0.4, -0.2) is 32.2 Å². The number of halogens is 1. The Bertz CT molecular complexity index is 194. The van der Waals surface area contributed by atoms with Crippen molar-refractivity contribution in [2.75, 3.05) is 27.7 Å². The molecule has 0 aliphatic carbocycles. The predicted molar refractivity (Wildman–Crippen MR) is 83.9 cm³/mol. The molecule has 0 aliphatic rings. The van der Waals surface area contributed by atoms with Gasteiger partial charge in [0.1, 0.15) is 0 Å². The number of likely N-dealkylation sites (N-methyl/N-ethyl adjacent to an activating group) is 1. The van der Waals surface area contributed by atoms with Gasteiger partial charge >= 0.3 is 0 Å². The number of quaternary nitrogens is 1. The Balaban J connectivity index is 0. The Kier molecular flexibility index (Phi) is 16.1. The lowest BCUT2D eigenvalue weighted by molar-refractivity contribution is -0.864. The summed E-state index contributed by atoms with van der Waals surface area (Å²) in [6, 6.07) is 0. The number of hydrogen-bond donors (Lipinski definition) is 0. The van der Waals surface area contributed by atoms with Crippen molar-refractivity contribution in [3.63, 3.8) is 0 Å². The number of allylic oxidation sites excluding steroid dienone is 1. The minimum atomic E-state index is 0. The van der Waals surface area contributed by atoms with E-state index in [-0.39, 0.29) is 12.4 Å². The summed E-state index contributed by atoms with van der Waals surface area (Å²) in [4.78, 5) is 0. The molecule has 0 heterocycles. The molecule has 0 rings (SSSR count). The highest BCUT2D eigenvalue weighted by Gasteiger charge is 2.01. The van der Waals surface area contributed by atoms with E-state index in [0.29, 0.717) is 0 Å². The van der Waals surface area contributed by atoms with Gasteiger partial charge in [-0.3, -0.25) is 0 Å². The molecule has 0 fully saturated rings. The molecule has 0 saturated carbocycles. The van der Waals surface area contributed by atoms with Crippen LogP contribution in [0.25, 0.3) is 0 Å². The van der Waals surface area contributed by atoms with Crippen molar-refractivity contribution in [1.29, 1.82) is 0 Å². The highest BCUT2D eigenvalue weighted by atomic mass is 35.5. The summed E-state index contributed by atoms with van der Waals surface area (Å²) in [6.07, 6.45) is 18.8. The molecule has 0 unspecified atom stereocenters. The lowest BCUT2D eigenvalue weighted by Gasteiger charge is -2.21. The van der Waals surface area contributed by atoms with Crippen LogP contribution in [0.1, 0.15) is 71.1 Å². The van der Waals surface area contributed by atoms with E-state index in [4.69, 9.17) is 0 Å². The van der Waals surface area contributed by atoms with E-state index in [9.17, 15) is 0 Å². The van der Waals surface area contributed by atoms with Crippen molar-refractivity contribution in [2.24, 2.45) is 0 Å². The van der Waals surface area contributed by atoms with Crippen LogP contribution in [0.4, 0.5) is 0 Å². The third kappa shape index (κ3) is 20.5. The first-order valence-corrected chi connectivity index (χ1v) is 8.01. The Morgan fingerprint density at radius 1 is 0.684 bits per heavy atom. The molecular formula is C17H36ClN. The largest absolute Gasteiger partial charge is 1.00 e. The molecule has 0 aliphatic heterocycles. The van der Waals surface area contributed by atoms with E-state index in [1.54, 1.807) is 0 Å². The van der Waals surface area contributed by atoms with Gasteiger partial charge < -0.3 is 16.9 Å². The Hall–Kier alpha value is -0.0100. The first-order valence-electron chi connectivity index (χ1n) is 8.01. The van der Waals surface area contributed by atoms with E-state index in [0.717, 1.165) is 11.0 Å². The molecule has 0 radical (unpaired) electrons. The third-order valence-electron chi connectivity index (χ3n) is 3.29. The fourth-order valence-corrected chi connectivity index (χ4v) is 2.08. The maximum atomic E-state index is 2.37. The first kappa shape index (κ1) is 21.3. The normalized spacial score (nSPS) is 11.8. The summed E-state index contributed by atoms with van der Waals surface area (Å²) < 4.78 is 1.04. The zero-order chi connectivity index (χ0) is 13.7. The molecule has 0 amide bonds. The van der Waals surface area contributed by atoms with Gasteiger partial charge in [-0.05, 0) is 18.9 Å². The summed E-state index contributed by atoms with van der Waals surface area (Å²) >= 11 is 0. The fourth-order valence-electron chi connectivity index (χ4n) is 2.08. The minimum absolute atomic E-state index is 0. The molecule has 2 heteroatoms. The second kappa shape index (κ2) is 14.4. The molecule has 0 N–H and O–H groups in total. The van der Waals surface area contributed by atoms with Crippen molar-refractivity contribution >= 4 is 0 Å². The van der Waals surface area contributed by atoms with Crippen LogP contribution in [0, 0.1) is 0 Å². The van der Waals surface area contributed by atoms with Crippen LogP contribution in [0.5, 0.6) is 0 Å². The van der Waals surface area contributed by atoms with E-state index in [1.165, 1.54) is 64.2 Å².